The molecule has 0 aromatic carbocycles. The molecule has 1 N–H and O–H groups in total. The number of Topliss-reactive ketones (excluding diaryl/α,β-unsaturated/α-hetero) is 1. The zero-order valence-electron chi connectivity index (χ0n) is 20.0. The van der Waals surface area contributed by atoms with Gasteiger partial charge in [-0.1, -0.05) is 46.8 Å². The normalized spacial score (nSPS) is 42.7. The molecule has 0 heterocycles. The van der Waals surface area contributed by atoms with Crippen LogP contribution >= 0.6 is 0 Å². The Morgan fingerprint density at radius 1 is 1.29 bits per heavy atom. The highest BCUT2D eigenvalue weighted by atomic mass is 16.5. The molecule has 0 amide bonds. The van der Waals surface area contributed by atoms with Gasteiger partial charge in [-0.15, -0.1) is 0 Å². The second kappa shape index (κ2) is 7.28. The van der Waals surface area contributed by atoms with E-state index in [0.717, 1.165) is 18.6 Å². The monoisotopic (exact) mass is 430 g/mol. The van der Waals surface area contributed by atoms with Crippen LogP contribution in [0.1, 0.15) is 61.3 Å². The first-order chi connectivity index (χ1) is 14.3. The molecule has 0 spiro atoms. The molecule has 0 bridgehead atoms. The van der Waals surface area contributed by atoms with Crippen LogP contribution in [0.25, 0.3) is 0 Å². The number of allylic oxidation sites excluding steroid dienone is 1. The molecule has 2 fully saturated rings. The van der Waals surface area contributed by atoms with Gasteiger partial charge in [0.1, 0.15) is 12.2 Å². The maximum Gasteiger partial charge on any atom is 0.302 e. The summed E-state index contributed by atoms with van der Waals surface area (Å²) in [5.41, 5.74) is -0.106. The number of ketones is 1. The molecule has 31 heavy (non-hydrogen) atoms. The van der Waals surface area contributed by atoms with Gasteiger partial charge in [0.15, 0.2) is 5.78 Å². The molecule has 4 aliphatic rings. The number of ether oxygens (including phenoxy) is 2. The van der Waals surface area contributed by atoms with E-state index in [0.29, 0.717) is 23.3 Å². The van der Waals surface area contributed by atoms with Crippen molar-refractivity contribution in [1.82, 2.24) is 0 Å². The van der Waals surface area contributed by atoms with Gasteiger partial charge in [-0.2, -0.15) is 0 Å². The molecule has 0 saturated heterocycles. The summed E-state index contributed by atoms with van der Waals surface area (Å²) in [6.45, 7) is 15.3. The summed E-state index contributed by atoms with van der Waals surface area (Å²) in [5.74, 6) is 0.661. The van der Waals surface area contributed by atoms with E-state index in [1.165, 1.54) is 6.92 Å². The molecule has 5 heteroatoms. The number of fused-ring (bicyclic) bond motifs is 5. The lowest BCUT2D eigenvalue weighted by atomic mass is 9.63. The van der Waals surface area contributed by atoms with Crippen LogP contribution in [0.2, 0.25) is 0 Å². The predicted molar refractivity (Wildman–Crippen MR) is 118 cm³/mol. The molecule has 0 aromatic heterocycles. The highest BCUT2D eigenvalue weighted by Gasteiger charge is 2.78. The van der Waals surface area contributed by atoms with Crippen molar-refractivity contribution in [3.63, 3.8) is 0 Å². The summed E-state index contributed by atoms with van der Waals surface area (Å²) < 4.78 is 12.0. The summed E-state index contributed by atoms with van der Waals surface area (Å²) in [4.78, 5) is 24.6. The van der Waals surface area contributed by atoms with Crippen molar-refractivity contribution in [1.29, 1.82) is 0 Å². The van der Waals surface area contributed by atoms with Gasteiger partial charge in [-0.25, -0.2) is 0 Å². The van der Waals surface area contributed by atoms with Crippen LogP contribution in [0.3, 0.4) is 0 Å². The van der Waals surface area contributed by atoms with E-state index >= 15 is 0 Å². The number of esters is 1. The minimum absolute atomic E-state index is 0.0163. The molecule has 0 radical (unpaired) electrons. The topological polar surface area (TPSA) is 72.8 Å². The van der Waals surface area contributed by atoms with Gasteiger partial charge in [-0.3, -0.25) is 9.59 Å². The smallest absolute Gasteiger partial charge is 0.302 e. The first kappa shape index (κ1) is 22.7. The molecule has 172 valence electrons. The Bertz CT molecular complexity index is 852. The fourth-order valence-electron chi connectivity index (χ4n) is 7.28. The number of carbonyl (C=O) groups excluding carboxylic acids is 2. The first-order valence-electron chi connectivity index (χ1n) is 11.8. The zero-order chi connectivity index (χ0) is 22.9. The number of rotatable bonds is 5. The van der Waals surface area contributed by atoms with E-state index in [1.807, 2.05) is 13.0 Å². The molecular weight excluding hydrogens is 392 g/mol. The van der Waals surface area contributed by atoms with Crippen molar-refractivity contribution in [2.45, 2.75) is 72.5 Å². The Kier molecular flexibility index (Phi) is 5.33. The Morgan fingerprint density at radius 3 is 2.58 bits per heavy atom. The summed E-state index contributed by atoms with van der Waals surface area (Å²) in [7, 11) is 0. The van der Waals surface area contributed by atoms with Crippen LogP contribution in [0.5, 0.6) is 0 Å². The van der Waals surface area contributed by atoms with Crippen molar-refractivity contribution in [2.24, 2.45) is 40.9 Å². The number of hydrogen-bond donors (Lipinski definition) is 1. The highest BCUT2D eigenvalue weighted by Crippen LogP contribution is 2.75. The molecule has 4 rings (SSSR count). The third kappa shape index (κ3) is 3.26. The molecule has 7 atom stereocenters. The van der Waals surface area contributed by atoms with Gasteiger partial charge in [0, 0.05) is 37.2 Å². The van der Waals surface area contributed by atoms with E-state index in [1.54, 1.807) is 0 Å². The third-order valence-electron chi connectivity index (χ3n) is 8.61. The van der Waals surface area contributed by atoms with Crippen molar-refractivity contribution >= 4 is 11.8 Å². The minimum Gasteiger partial charge on any atom is -0.461 e. The second-order valence-corrected chi connectivity index (χ2v) is 11.5. The van der Waals surface area contributed by atoms with Crippen molar-refractivity contribution in [3.8, 4) is 0 Å². The maximum absolute atomic E-state index is 13.1. The van der Waals surface area contributed by atoms with Gasteiger partial charge in [-0.05, 0) is 48.2 Å². The molecular formula is C26H38O5. The summed E-state index contributed by atoms with van der Waals surface area (Å²) in [6.07, 6.45) is 5.41. The lowest BCUT2D eigenvalue weighted by Crippen LogP contribution is -2.49. The SMILES string of the molecule is CC(=O)OCC1=C[C@@H]2C([C@H](C)C[C@]3(OCC(C)C)[C@H]2C3(C)C)[C@@H]2C=C(C)C(=O)[C@@]2(O)C1. The Labute approximate surface area is 186 Å². The van der Waals surface area contributed by atoms with Crippen LogP contribution in [-0.4, -0.2) is 41.3 Å². The summed E-state index contributed by atoms with van der Waals surface area (Å²) >= 11 is 0. The standard InChI is InChI=1S/C26H38O5/c1-14(2)12-31-26-10-16(4)21-19(22(26)24(26,6)7)9-18(13-30-17(5)27)11-25(29)20(21)8-15(3)23(25)28/h8-9,14,16,19-22,29H,10-13H2,1-7H3/t16-,19-,20+,21?,22-,25-,26+/m1/s1. The Morgan fingerprint density at radius 2 is 1.97 bits per heavy atom. The largest absolute Gasteiger partial charge is 0.461 e. The molecule has 5 nitrogen and oxygen atoms in total. The average molecular weight is 431 g/mol. The van der Waals surface area contributed by atoms with Crippen molar-refractivity contribution in [3.05, 3.63) is 23.3 Å². The third-order valence-corrected chi connectivity index (χ3v) is 8.61. The molecule has 2 saturated carbocycles. The summed E-state index contributed by atoms with van der Waals surface area (Å²) in [6, 6.07) is 0. The molecule has 0 aromatic rings. The van der Waals surface area contributed by atoms with Crippen LogP contribution in [-0.2, 0) is 19.1 Å². The number of aliphatic hydroxyl groups is 1. The predicted octanol–water partition coefficient (Wildman–Crippen LogP) is 4.10. The Hall–Kier alpha value is -1.46. The maximum atomic E-state index is 13.1. The number of carbonyl (C=O) groups is 2. The molecule has 0 aliphatic heterocycles. The van der Waals surface area contributed by atoms with E-state index in [2.05, 4.69) is 40.7 Å². The van der Waals surface area contributed by atoms with E-state index in [9.17, 15) is 14.7 Å². The highest BCUT2D eigenvalue weighted by molar-refractivity contribution is 6.04. The van der Waals surface area contributed by atoms with Crippen LogP contribution < -0.4 is 0 Å². The minimum atomic E-state index is -1.44. The van der Waals surface area contributed by atoms with E-state index in [-0.39, 0.29) is 53.6 Å². The first-order valence-corrected chi connectivity index (χ1v) is 11.8. The number of hydrogen-bond acceptors (Lipinski definition) is 5. The van der Waals surface area contributed by atoms with Crippen LogP contribution in [0.15, 0.2) is 23.3 Å². The van der Waals surface area contributed by atoms with Crippen LogP contribution in [0.4, 0.5) is 0 Å². The Balaban J connectivity index is 1.76. The second-order valence-electron chi connectivity index (χ2n) is 11.5. The average Bonchev–Trinajstić information content (AvgIpc) is 3.11. The molecule has 1 unspecified atom stereocenters. The van der Waals surface area contributed by atoms with Gasteiger partial charge < -0.3 is 14.6 Å². The van der Waals surface area contributed by atoms with Gasteiger partial charge >= 0.3 is 5.97 Å². The van der Waals surface area contributed by atoms with Gasteiger partial charge in [0.2, 0.25) is 0 Å². The van der Waals surface area contributed by atoms with Gasteiger partial charge in [0.05, 0.1) is 5.60 Å². The molecule has 4 aliphatic carbocycles. The van der Waals surface area contributed by atoms with Crippen molar-refractivity contribution in [2.75, 3.05) is 13.2 Å². The fourth-order valence-corrected chi connectivity index (χ4v) is 7.28. The van der Waals surface area contributed by atoms with Crippen molar-refractivity contribution < 1.29 is 24.2 Å². The van der Waals surface area contributed by atoms with E-state index < -0.39 is 5.60 Å². The fraction of sp³-hybridized carbons (Fsp3) is 0.769. The lowest BCUT2D eigenvalue weighted by molar-refractivity contribution is -0.141. The quantitative estimate of drug-likeness (QED) is 0.525. The van der Waals surface area contributed by atoms with Crippen LogP contribution in [0, 0.1) is 40.9 Å². The summed E-state index contributed by atoms with van der Waals surface area (Å²) in [5, 5.41) is 11.7. The van der Waals surface area contributed by atoms with Gasteiger partial charge in [0.25, 0.3) is 0 Å². The lowest BCUT2D eigenvalue weighted by Gasteiger charge is -2.44. The zero-order valence-corrected chi connectivity index (χ0v) is 20.0. The van der Waals surface area contributed by atoms with E-state index in [4.69, 9.17) is 9.47 Å².